The molecule has 0 aliphatic heterocycles. The number of benzene rings is 6. The molecule has 0 amide bonds. The third-order valence-electron chi connectivity index (χ3n) is 8.54. The molecule has 0 radical (unpaired) electrons. The number of hydrogen-bond donors (Lipinski definition) is 0. The molecule has 44 heavy (non-hydrogen) atoms. The van der Waals surface area contributed by atoms with Gasteiger partial charge < -0.3 is 4.57 Å². The number of aromatic nitrogens is 3. The molecule has 3 heteroatoms. The molecule has 0 fully saturated rings. The number of allylic oxidation sites excluding steroid dienone is 1. The Kier molecular flexibility index (Phi) is 6.16. The largest absolute Gasteiger partial charge is 0.309 e. The Morgan fingerprint density at radius 1 is 0.614 bits per heavy atom. The van der Waals surface area contributed by atoms with E-state index in [-0.39, 0.29) is 0 Å². The highest BCUT2D eigenvalue weighted by Crippen LogP contribution is 2.34. The van der Waals surface area contributed by atoms with Crippen LogP contribution in [0.3, 0.4) is 0 Å². The second-order valence-corrected chi connectivity index (χ2v) is 11.0. The van der Waals surface area contributed by atoms with Gasteiger partial charge in [0.2, 0.25) is 0 Å². The highest BCUT2D eigenvalue weighted by molar-refractivity contribution is 6.23. The van der Waals surface area contributed by atoms with Gasteiger partial charge in [-0.3, -0.25) is 4.98 Å². The SMILES string of the molecule is C=C/C=c1\c(=C/C)c2ccccc2n1-c1cccc(-c2cccc(-c3cnc4c5ccccc5c5ccccc5c4n3)c2)c1. The fourth-order valence-corrected chi connectivity index (χ4v) is 6.59. The first-order valence-corrected chi connectivity index (χ1v) is 14.9. The molecule has 8 aromatic rings. The van der Waals surface area contributed by atoms with E-state index in [1.165, 1.54) is 26.9 Å². The van der Waals surface area contributed by atoms with Crippen LogP contribution in [0.4, 0.5) is 0 Å². The minimum atomic E-state index is 0.860. The molecule has 3 nitrogen and oxygen atoms in total. The maximum Gasteiger partial charge on any atom is 0.0979 e. The fraction of sp³-hybridized carbons (Fsp3) is 0.0244. The van der Waals surface area contributed by atoms with Crippen molar-refractivity contribution in [2.45, 2.75) is 6.92 Å². The van der Waals surface area contributed by atoms with Crippen LogP contribution < -0.4 is 10.6 Å². The van der Waals surface area contributed by atoms with E-state index < -0.39 is 0 Å². The van der Waals surface area contributed by atoms with Gasteiger partial charge in [0, 0.05) is 32.6 Å². The van der Waals surface area contributed by atoms with Crippen molar-refractivity contribution in [1.82, 2.24) is 14.5 Å². The van der Waals surface area contributed by atoms with Crippen LogP contribution in [0.5, 0.6) is 0 Å². The average molecular weight is 564 g/mol. The molecule has 0 spiro atoms. The number of rotatable bonds is 4. The molecular formula is C41H29N3. The molecule has 2 aromatic heterocycles. The quantitative estimate of drug-likeness (QED) is 0.200. The predicted molar refractivity (Wildman–Crippen MR) is 186 cm³/mol. The highest BCUT2D eigenvalue weighted by atomic mass is 15.0. The molecule has 6 aromatic carbocycles. The van der Waals surface area contributed by atoms with E-state index in [4.69, 9.17) is 9.97 Å². The molecule has 0 aliphatic rings. The molecule has 0 unspecified atom stereocenters. The Morgan fingerprint density at radius 3 is 1.95 bits per heavy atom. The molecule has 208 valence electrons. The van der Waals surface area contributed by atoms with Gasteiger partial charge in [-0.1, -0.05) is 116 Å². The summed E-state index contributed by atoms with van der Waals surface area (Å²) in [5.74, 6) is 0. The van der Waals surface area contributed by atoms with Crippen LogP contribution in [0, 0.1) is 0 Å². The molecule has 0 aliphatic carbocycles. The predicted octanol–water partition coefficient (Wildman–Crippen LogP) is 8.98. The zero-order chi connectivity index (χ0) is 29.6. The molecule has 0 saturated heterocycles. The Labute approximate surface area is 255 Å². The van der Waals surface area contributed by atoms with Crippen molar-refractivity contribution < 1.29 is 0 Å². The van der Waals surface area contributed by atoms with Gasteiger partial charge in [0.25, 0.3) is 0 Å². The summed E-state index contributed by atoms with van der Waals surface area (Å²) in [5.41, 5.74) is 8.30. The molecule has 0 saturated carbocycles. The Balaban J connectivity index is 1.28. The van der Waals surface area contributed by atoms with Gasteiger partial charge in [0.15, 0.2) is 0 Å². The van der Waals surface area contributed by atoms with Gasteiger partial charge in [0.05, 0.1) is 33.8 Å². The standard InChI is InChI=1S/C41H29N3/c1-3-13-38-31(4-2)34-20-9-10-23-39(34)44(38)30-17-12-15-28(25-30)27-14-11-16-29(24-27)37-26-42-40-35-21-7-5-18-32(35)33-19-6-8-22-36(33)41(40)43-37/h3-26H,1H2,2H3/b31-4-,38-13+. The van der Waals surface area contributed by atoms with Gasteiger partial charge in [-0.15, -0.1) is 0 Å². The number of para-hydroxylation sites is 1. The normalized spacial score (nSPS) is 12.6. The topological polar surface area (TPSA) is 30.7 Å². The van der Waals surface area contributed by atoms with E-state index in [1.807, 2.05) is 12.3 Å². The second kappa shape index (κ2) is 10.5. The first kappa shape index (κ1) is 25.9. The van der Waals surface area contributed by atoms with Crippen molar-refractivity contribution in [2.75, 3.05) is 0 Å². The first-order valence-electron chi connectivity index (χ1n) is 14.9. The third kappa shape index (κ3) is 4.05. The molecule has 0 N–H and O–H groups in total. The Morgan fingerprint density at radius 2 is 1.23 bits per heavy atom. The summed E-state index contributed by atoms with van der Waals surface area (Å²) in [6, 6.07) is 42.8. The molecule has 0 atom stereocenters. The van der Waals surface area contributed by atoms with Crippen LogP contribution in [0.25, 0.3) is 83.7 Å². The lowest BCUT2D eigenvalue weighted by atomic mass is 9.99. The van der Waals surface area contributed by atoms with Crippen LogP contribution >= 0.6 is 0 Å². The number of hydrogen-bond acceptors (Lipinski definition) is 2. The van der Waals surface area contributed by atoms with Crippen LogP contribution in [-0.4, -0.2) is 14.5 Å². The summed E-state index contributed by atoms with van der Waals surface area (Å²) in [5, 5.41) is 8.21. The lowest BCUT2D eigenvalue weighted by Crippen LogP contribution is -2.27. The molecule has 2 heterocycles. The van der Waals surface area contributed by atoms with E-state index in [9.17, 15) is 0 Å². The van der Waals surface area contributed by atoms with Gasteiger partial charge in [-0.05, 0) is 59.2 Å². The molecule has 8 rings (SSSR count). The summed E-state index contributed by atoms with van der Waals surface area (Å²) in [7, 11) is 0. The van der Waals surface area contributed by atoms with Crippen molar-refractivity contribution in [2.24, 2.45) is 0 Å². The van der Waals surface area contributed by atoms with Gasteiger partial charge in [0.1, 0.15) is 0 Å². The van der Waals surface area contributed by atoms with Crippen LogP contribution in [0.15, 0.2) is 140 Å². The van der Waals surface area contributed by atoms with Gasteiger partial charge in [-0.2, -0.15) is 0 Å². The monoisotopic (exact) mass is 563 g/mol. The maximum atomic E-state index is 5.22. The third-order valence-corrected chi connectivity index (χ3v) is 8.54. The van der Waals surface area contributed by atoms with Crippen LogP contribution in [-0.2, 0) is 0 Å². The second-order valence-electron chi connectivity index (χ2n) is 11.0. The first-order chi connectivity index (χ1) is 21.7. The summed E-state index contributed by atoms with van der Waals surface area (Å²) in [6.45, 7) is 6.09. The lowest BCUT2D eigenvalue weighted by Gasteiger charge is -2.12. The summed E-state index contributed by atoms with van der Waals surface area (Å²) < 4.78 is 2.32. The van der Waals surface area contributed by atoms with E-state index in [0.717, 1.165) is 55.2 Å². The molecular weight excluding hydrogens is 534 g/mol. The smallest absolute Gasteiger partial charge is 0.0979 e. The van der Waals surface area contributed by atoms with Gasteiger partial charge in [-0.25, -0.2) is 4.98 Å². The van der Waals surface area contributed by atoms with Crippen LogP contribution in [0.1, 0.15) is 6.92 Å². The lowest BCUT2D eigenvalue weighted by molar-refractivity contribution is 1.07. The minimum absolute atomic E-state index is 0.860. The number of nitrogens with zero attached hydrogens (tertiary/aromatic N) is 3. The zero-order valence-electron chi connectivity index (χ0n) is 24.4. The summed E-state index contributed by atoms with van der Waals surface area (Å²) in [4.78, 5) is 10.2. The van der Waals surface area contributed by atoms with Crippen molar-refractivity contribution in [3.63, 3.8) is 0 Å². The van der Waals surface area contributed by atoms with E-state index in [0.29, 0.717) is 0 Å². The minimum Gasteiger partial charge on any atom is -0.309 e. The highest BCUT2D eigenvalue weighted by Gasteiger charge is 2.13. The van der Waals surface area contributed by atoms with Crippen molar-refractivity contribution in [3.8, 4) is 28.1 Å². The Hall–Kier alpha value is -5.80. The maximum absolute atomic E-state index is 5.22. The van der Waals surface area contributed by atoms with E-state index >= 15 is 0 Å². The van der Waals surface area contributed by atoms with E-state index in [1.54, 1.807) is 0 Å². The van der Waals surface area contributed by atoms with Crippen LogP contribution in [0.2, 0.25) is 0 Å². The number of fused-ring (bicyclic) bond motifs is 7. The Bertz CT molecular complexity index is 2500. The average Bonchev–Trinajstić information content (AvgIpc) is 3.41. The van der Waals surface area contributed by atoms with Crippen molar-refractivity contribution >= 4 is 55.6 Å². The zero-order valence-corrected chi connectivity index (χ0v) is 24.4. The van der Waals surface area contributed by atoms with E-state index in [2.05, 4.69) is 152 Å². The molecule has 0 bridgehead atoms. The fourth-order valence-electron chi connectivity index (χ4n) is 6.59. The van der Waals surface area contributed by atoms with Crippen molar-refractivity contribution in [3.05, 3.63) is 151 Å². The summed E-state index contributed by atoms with van der Waals surface area (Å²) >= 11 is 0. The summed E-state index contributed by atoms with van der Waals surface area (Å²) in [6.07, 6.45) is 8.04. The van der Waals surface area contributed by atoms with Crippen molar-refractivity contribution in [1.29, 1.82) is 0 Å². The van der Waals surface area contributed by atoms with Gasteiger partial charge >= 0.3 is 0 Å².